The Morgan fingerprint density at radius 2 is 1.68 bits per heavy atom. The van der Waals surface area contributed by atoms with E-state index in [-0.39, 0.29) is 17.2 Å². The van der Waals surface area contributed by atoms with Gasteiger partial charge in [0.2, 0.25) is 5.91 Å². The fraction of sp³-hybridized carbons (Fsp3) is 0.100. The second kappa shape index (κ2) is 8.92. The lowest BCUT2D eigenvalue weighted by Gasteiger charge is -2.04. The smallest absolute Gasteiger partial charge is 0.335 e. The molecule has 142 valence electrons. The van der Waals surface area contributed by atoms with E-state index < -0.39 is 11.9 Å². The molecule has 3 aromatic rings. The number of amides is 2. The van der Waals surface area contributed by atoms with E-state index in [0.717, 1.165) is 16.9 Å². The SMILES string of the molecule is O=C(CCc1ccccc1)Nc1nc(C(=O)Nc2ccc(C(=O)O)cc2)cs1. The second-order valence-corrected chi connectivity index (χ2v) is 6.77. The van der Waals surface area contributed by atoms with Gasteiger partial charge in [0.05, 0.1) is 5.56 Å². The lowest BCUT2D eigenvalue weighted by molar-refractivity contribution is -0.116. The van der Waals surface area contributed by atoms with E-state index in [2.05, 4.69) is 15.6 Å². The Hall–Kier alpha value is -3.52. The predicted molar refractivity (Wildman–Crippen MR) is 107 cm³/mol. The summed E-state index contributed by atoms with van der Waals surface area (Å²) in [5.41, 5.74) is 1.83. The molecule has 1 heterocycles. The van der Waals surface area contributed by atoms with E-state index in [0.29, 0.717) is 23.7 Å². The van der Waals surface area contributed by atoms with Gasteiger partial charge in [-0.2, -0.15) is 0 Å². The third kappa shape index (κ3) is 5.24. The van der Waals surface area contributed by atoms with Crippen LogP contribution in [0.3, 0.4) is 0 Å². The number of benzene rings is 2. The summed E-state index contributed by atoms with van der Waals surface area (Å²) in [7, 11) is 0. The minimum atomic E-state index is -1.04. The van der Waals surface area contributed by atoms with Crippen LogP contribution in [-0.4, -0.2) is 27.9 Å². The molecule has 2 amide bonds. The van der Waals surface area contributed by atoms with Gasteiger partial charge >= 0.3 is 5.97 Å². The Labute approximate surface area is 165 Å². The third-order valence-corrected chi connectivity index (χ3v) is 4.61. The molecule has 0 aliphatic carbocycles. The Balaban J connectivity index is 1.53. The lowest BCUT2D eigenvalue weighted by atomic mass is 10.1. The normalized spacial score (nSPS) is 10.3. The molecule has 0 aliphatic heterocycles. The highest BCUT2D eigenvalue weighted by Crippen LogP contribution is 2.18. The third-order valence-electron chi connectivity index (χ3n) is 3.86. The fourth-order valence-corrected chi connectivity index (χ4v) is 3.12. The quantitative estimate of drug-likeness (QED) is 0.566. The number of carbonyl (C=O) groups excluding carboxylic acids is 2. The number of anilines is 2. The van der Waals surface area contributed by atoms with Gasteiger partial charge in [0, 0.05) is 17.5 Å². The molecule has 0 aliphatic rings. The number of rotatable bonds is 7. The van der Waals surface area contributed by atoms with Crippen LogP contribution in [0.25, 0.3) is 0 Å². The van der Waals surface area contributed by atoms with E-state index in [1.54, 1.807) is 5.38 Å². The van der Waals surface area contributed by atoms with Crippen LogP contribution in [0.4, 0.5) is 10.8 Å². The van der Waals surface area contributed by atoms with Crippen LogP contribution in [0.15, 0.2) is 60.0 Å². The minimum Gasteiger partial charge on any atom is -0.478 e. The molecule has 0 fully saturated rings. The molecule has 28 heavy (non-hydrogen) atoms. The van der Waals surface area contributed by atoms with Gasteiger partial charge in [-0.25, -0.2) is 9.78 Å². The number of nitrogens with zero attached hydrogens (tertiary/aromatic N) is 1. The number of carboxylic acid groups (broad SMARTS) is 1. The largest absolute Gasteiger partial charge is 0.478 e. The van der Waals surface area contributed by atoms with Crippen molar-refractivity contribution in [3.05, 3.63) is 76.8 Å². The van der Waals surface area contributed by atoms with Crippen molar-refractivity contribution in [1.29, 1.82) is 0 Å². The van der Waals surface area contributed by atoms with Crippen LogP contribution in [0.2, 0.25) is 0 Å². The molecule has 7 nitrogen and oxygen atoms in total. The first-order valence-electron chi connectivity index (χ1n) is 8.45. The van der Waals surface area contributed by atoms with E-state index in [9.17, 15) is 14.4 Å². The van der Waals surface area contributed by atoms with Gasteiger partial charge in [0.15, 0.2) is 5.13 Å². The summed E-state index contributed by atoms with van der Waals surface area (Å²) >= 11 is 1.16. The summed E-state index contributed by atoms with van der Waals surface area (Å²) in [4.78, 5) is 39.3. The maximum atomic E-state index is 12.2. The van der Waals surface area contributed by atoms with E-state index in [4.69, 9.17) is 5.11 Å². The molecule has 8 heteroatoms. The lowest BCUT2D eigenvalue weighted by Crippen LogP contribution is -2.14. The predicted octanol–water partition coefficient (Wildman–Crippen LogP) is 3.66. The second-order valence-electron chi connectivity index (χ2n) is 5.91. The Morgan fingerprint density at radius 1 is 0.964 bits per heavy atom. The molecule has 2 aromatic carbocycles. The first-order chi connectivity index (χ1) is 13.5. The summed E-state index contributed by atoms with van der Waals surface area (Å²) in [6.45, 7) is 0. The molecule has 3 rings (SSSR count). The topological polar surface area (TPSA) is 108 Å². The highest BCUT2D eigenvalue weighted by Gasteiger charge is 2.13. The number of hydrogen-bond donors (Lipinski definition) is 3. The Bertz CT molecular complexity index is 984. The van der Waals surface area contributed by atoms with Crippen molar-refractivity contribution in [3.63, 3.8) is 0 Å². The summed E-state index contributed by atoms with van der Waals surface area (Å²) in [5.74, 6) is -1.65. The number of hydrogen-bond acceptors (Lipinski definition) is 5. The fourth-order valence-electron chi connectivity index (χ4n) is 2.41. The highest BCUT2D eigenvalue weighted by molar-refractivity contribution is 7.14. The zero-order chi connectivity index (χ0) is 19.9. The monoisotopic (exact) mass is 395 g/mol. The number of nitrogens with one attached hydrogen (secondary N) is 2. The van der Waals surface area contributed by atoms with Crippen LogP contribution in [0.1, 0.15) is 32.8 Å². The van der Waals surface area contributed by atoms with Gasteiger partial charge in [-0.3, -0.25) is 9.59 Å². The van der Waals surface area contributed by atoms with Gasteiger partial charge in [-0.1, -0.05) is 30.3 Å². The molecule has 0 spiro atoms. The van der Waals surface area contributed by atoms with Crippen LogP contribution in [0.5, 0.6) is 0 Å². The van der Waals surface area contributed by atoms with Crippen molar-refractivity contribution >= 4 is 39.9 Å². The number of aromatic carboxylic acids is 1. The van der Waals surface area contributed by atoms with Crippen molar-refractivity contribution in [2.75, 3.05) is 10.6 Å². The molecule has 0 radical (unpaired) electrons. The van der Waals surface area contributed by atoms with Crippen molar-refractivity contribution < 1.29 is 19.5 Å². The average molecular weight is 395 g/mol. The van der Waals surface area contributed by atoms with E-state index >= 15 is 0 Å². The minimum absolute atomic E-state index is 0.132. The number of carbonyl (C=O) groups is 3. The molecule has 3 N–H and O–H groups in total. The van der Waals surface area contributed by atoms with Gasteiger partial charge in [0.25, 0.3) is 5.91 Å². The number of aromatic nitrogens is 1. The molecule has 0 unspecified atom stereocenters. The first-order valence-corrected chi connectivity index (χ1v) is 9.33. The maximum Gasteiger partial charge on any atom is 0.335 e. The summed E-state index contributed by atoms with van der Waals surface area (Å²) in [5, 5.41) is 16.1. The van der Waals surface area contributed by atoms with Gasteiger partial charge in [-0.05, 0) is 36.2 Å². The Morgan fingerprint density at radius 3 is 2.36 bits per heavy atom. The van der Waals surface area contributed by atoms with Gasteiger partial charge in [0.1, 0.15) is 5.69 Å². The standard InChI is InChI=1S/C20H17N3O4S/c24-17(11-6-13-4-2-1-3-5-13)23-20-22-16(12-28-20)18(25)21-15-9-7-14(8-10-15)19(26)27/h1-5,7-10,12H,6,11H2,(H,21,25)(H,26,27)(H,22,23,24). The summed E-state index contributed by atoms with van der Waals surface area (Å²) in [6, 6.07) is 15.5. The average Bonchev–Trinajstić information content (AvgIpc) is 3.16. The summed E-state index contributed by atoms with van der Waals surface area (Å²) < 4.78 is 0. The van der Waals surface area contributed by atoms with Gasteiger partial charge < -0.3 is 15.7 Å². The first kappa shape index (κ1) is 19.2. The zero-order valence-corrected chi connectivity index (χ0v) is 15.5. The zero-order valence-electron chi connectivity index (χ0n) is 14.7. The van der Waals surface area contributed by atoms with Crippen LogP contribution in [0, 0.1) is 0 Å². The van der Waals surface area contributed by atoms with Crippen LogP contribution < -0.4 is 10.6 Å². The maximum absolute atomic E-state index is 12.2. The highest BCUT2D eigenvalue weighted by atomic mass is 32.1. The molecule has 0 atom stereocenters. The number of carboxylic acids is 1. The summed E-state index contributed by atoms with van der Waals surface area (Å²) in [6.07, 6.45) is 0.943. The van der Waals surface area contributed by atoms with Gasteiger partial charge in [-0.15, -0.1) is 11.3 Å². The molecule has 0 saturated carbocycles. The molecular formula is C20H17N3O4S. The molecule has 0 bridgehead atoms. The Kier molecular flexibility index (Phi) is 6.13. The van der Waals surface area contributed by atoms with Crippen molar-refractivity contribution in [3.8, 4) is 0 Å². The number of thiazole rings is 1. The van der Waals surface area contributed by atoms with E-state index in [1.165, 1.54) is 24.3 Å². The van der Waals surface area contributed by atoms with Crippen molar-refractivity contribution in [1.82, 2.24) is 4.98 Å². The van der Waals surface area contributed by atoms with E-state index in [1.807, 2.05) is 30.3 Å². The molecule has 1 aromatic heterocycles. The van der Waals surface area contributed by atoms with Crippen LogP contribution >= 0.6 is 11.3 Å². The molecule has 0 saturated heterocycles. The number of aryl methyl sites for hydroxylation is 1. The van der Waals surface area contributed by atoms with Crippen molar-refractivity contribution in [2.45, 2.75) is 12.8 Å². The molecular weight excluding hydrogens is 378 g/mol. The van der Waals surface area contributed by atoms with Crippen LogP contribution in [-0.2, 0) is 11.2 Å². The van der Waals surface area contributed by atoms with Crippen molar-refractivity contribution in [2.24, 2.45) is 0 Å².